The zero-order valence-corrected chi connectivity index (χ0v) is 25.4. The molecule has 4 aromatic rings. The van der Waals surface area contributed by atoms with E-state index in [-0.39, 0.29) is 41.6 Å². The molecule has 0 bridgehead atoms. The molecule has 8 heteroatoms. The number of fused-ring (bicyclic) bond motifs is 2. The molecule has 8 nitrogen and oxygen atoms in total. The summed E-state index contributed by atoms with van der Waals surface area (Å²) in [5.74, 6) is 0.913. The fraction of sp³-hybridized carbons (Fsp3) is 0.486. The van der Waals surface area contributed by atoms with Crippen LogP contribution in [-0.2, 0) is 12.8 Å². The molecule has 3 aromatic heterocycles. The average Bonchev–Trinajstić information content (AvgIpc) is 3.64. The molecule has 1 fully saturated rings. The lowest BCUT2D eigenvalue weighted by atomic mass is 9.71. The third-order valence-corrected chi connectivity index (χ3v) is 9.57. The molecule has 0 amide bonds. The highest BCUT2D eigenvalue weighted by molar-refractivity contribution is 5.94. The van der Waals surface area contributed by atoms with Crippen LogP contribution >= 0.6 is 0 Å². The first-order chi connectivity index (χ1) is 20.7. The number of pyridine rings is 2. The van der Waals surface area contributed by atoms with Gasteiger partial charge in [-0.1, -0.05) is 45.0 Å². The lowest BCUT2D eigenvalue weighted by Gasteiger charge is -2.34. The SMILES string of the molecule is CC(C)(C)[C@H]1CCc2nc3oc(C(=O)C[C@H](CCN4CCC(CO)C4)c4ccc(-c5ccc(=O)[nH]c5)cc4)nc3cc2C1. The van der Waals surface area contributed by atoms with E-state index in [9.17, 15) is 14.7 Å². The zero-order chi connectivity index (χ0) is 30.1. The van der Waals surface area contributed by atoms with Crippen LogP contribution in [0.4, 0.5) is 0 Å². The number of aryl methyl sites for hydroxylation is 1. The van der Waals surface area contributed by atoms with Gasteiger partial charge in [0.1, 0.15) is 5.52 Å². The van der Waals surface area contributed by atoms with Gasteiger partial charge < -0.3 is 19.4 Å². The molecule has 1 aromatic carbocycles. The molecule has 0 spiro atoms. The summed E-state index contributed by atoms with van der Waals surface area (Å²) in [7, 11) is 0. The van der Waals surface area contributed by atoms with Crippen molar-refractivity contribution in [3.63, 3.8) is 0 Å². The second kappa shape index (κ2) is 12.2. The lowest BCUT2D eigenvalue weighted by Crippen LogP contribution is -2.27. The molecule has 226 valence electrons. The van der Waals surface area contributed by atoms with E-state index in [0.29, 0.717) is 23.1 Å². The first-order valence-electron chi connectivity index (χ1n) is 15.6. The number of H-pyrrole nitrogens is 1. The van der Waals surface area contributed by atoms with Crippen molar-refractivity contribution in [2.45, 2.75) is 65.2 Å². The molecule has 1 aliphatic carbocycles. The maximum Gasteiger partial charge on any atom is 0.265 e. The number of aromatic amines is 1. The minimum atomic E-state index is -0.132. The number of Topliss-reactive ketones (excluding diaryl/α,β-unsaturated/α-hetero) is 1. The lowest BCUT2D eigenvalue weighted by molar-refractivity contribution is 0.0938. The number of likely N-dealkylation sites (tertiary alicyclic amines) is 1. The number of carbonyl (C=O) groups is 1. The van der Waals surface area contributed by atoms with E-state index in [1.165, 1.54) is 11.6 Å². The van der Waals surface area contributed by atoms with E-state index < -0.39 is 0 Å². The van der Waals surface area contributed by atoms with Crippen LogP contribution in [0.15, 0.2) is 57.9 Å². The van der Waals surface area contributed by atoms with Crippen molar-refractivity contribution in [1.29, 1.82) is 0 Å². The Labute approximate surface area is 252 Å². The minimum Gasteiger partial charge on any atom is -0.415 e. The van der Waals surface area contributed by atoms with Gasteiger partial charge in [0.05, 0.1) is 0 Å². The molecule has 43 heavy (non-hydrogen) atoms. The Bertz CT molecular complexity index is 1630. The Morgan fingerprint density at radius 1 is 1.12 bits per heavy atom. The van der Waals surface area contributed by atoms with Gasteiger partial charge in [-0.25, -0.2) is 9.97 Å². The van der Waals surface area contributed by atoms with Crippen molar-refractivity contribution in [2.24, 2.45) is 17.3 Å². The Hall–Kier alpha value is -3.62. The number of benzene rings is 1. The van der Waals surface area contributed by atoms with E-state index in [1.807, 2.05) is 18.2 Å². The summed E-state index contributed by atoms with van der Waals surface area (Å²) in [6, 6.07) is 13.6. The predicted octanol–water partition coefficient (Wildman–Crippen LogP) is 5.79. The number of aliphatic hydroxyl groups excluding tert-OH is 1. The fourth-order valence-corrected chi connectivity index (χ4v) is 6.71. The summed E-state index contributed by atoms with van der Waals surface area (Å²) in [6.07, 6.45) is 6.81. The van der Waals surface area contributed by atoms with Gasteiger partial charge in [-0.15, -0.1) is 0 Å². The number of hydrogen-bond donors (Lipinski definition) is 2. The molecule has 0 saturated carbocycles. The van der Waals surface area contributed by atoms with E-state index >= 15 is 0 Å². The average molecular weight is 583 g/mol. The highest BCUT2D eigenvalue weighted by Gasteiger charge is 2.31. The van der Waals surface area contributed by atoms with E-state index in [0.717, 1.165) is 74.1 Å². The first-order valence-corrected chi connectivity index (χ1v) is 15.6. The van der Waals surface area contributed by atoms with Gasteiger partial charge in [-0.3, -0.25) is 9.59 Å². The quantitative estimate of drug-likeness (QED) is 0.240. The van der Waals surface area contributed by atoms with Crippen LogP contribution in [0.5, 0.6) is 0 Å². The Morgan fingerprint density at radius 3 is 2.60 bits per heavy atom. The minimum absolute atomic E-state index is 0.0194. The molecule has 2 aliphatic rings. The molecule has 1 unspecified atom stereocenters. The van der Waals surface area contributed by atoms with Crippen LogP contribution in [0, 0.1) is 17.3 Å². The van der Waals surface area contributed by atoms with Crippen LogP contribution in [-0.4, -0.2) is 57.0 Å². The molecule has 1 aliphatic heterocycles. The molecule has 6 rings (SSSR count). The summed E-state index contributed by atoms with van der Waals surface area (Å²) < 4.78 is 5.98. The summed E-state index contributed by atoms with van der Waals surface area (Å²) >= 11 is 0. The Kier molecular flexibility index (Phi) is 8.34. The standard InChI is InChI=1S/C35H42N4O4/c1-35(2,3)28-9-10-29-27(16-28)17-30-33(37-29)43-34(38-30)31(41)18-25(13-15-39-14-12-22(20-39)21-40)23-4-6-24(7-5-23)26-8-11-32(42)36-19-26/h4-8,11,17,19,22,25,28,40H,9-10,12-16,18,20-21H2,1-3H3,(H,36,42)/t22?,25-,28-/m0/s1. The molecule has 2 N–H and O–H groups in total. The van der Waals surface area contributed by atoms with Gasteiger partial charge in [0.25, 0.3) is 5.89 Å². The van der Waals surface area contributed by atoms with Crippen molar-refractivity contribution in [1.82, 2.24) is 19.9 Å². The van der Waals surface area contributed by atoms with Crippen LogP contribution in [0.1, 0.15) is 79.9 Å². The van der Waals surface area contributed by atoms with E-state index in [4.69, 9.17) is 9.40 Å². The number of aromatic nitrogens is 3. The van der Waals surface area contributed by atoms with Gasteiger partial charge in [-0.2, -0.15) is 0 Å². The van der Waals surface area contributed by atoms with Gasteiger partial charge in [-0.05, 0) is 103 Å². The van der Waals surface area contributed by atoms with Crippen molar-refractivity contribution in [3.8, 4) is 11.1 Å². The number of nitrogens with zero attached hydrogens (tertiary/aromatic N) is 3. The molecular weight excluding hydrogens is 540 g/mol. The maximum atomic E-state index is 13.7. The van der Waals surface area contributed by atoms with Crippen molar-refractivity contribution >= 4 is 17.0 Å². The maximum absolute atomic E-state index is 13.7. The molecule has 3 atom stereocenters. The van der Waals surface area contributed by atoms with Crippen LogP contribution in [0.2, 0.25) is 0 Å². The van der Waals surface area contributed by atoms with Gasteiger partial charge in [0.2, 0.25) is 17.1 Å². The van der Waals surface area contributed by atoms with Gasteiger partial charge in [0.15, 0.2) is 0 Å². The molecular formula is C35H42N4O4. The summed E-state index contributed by atoms with van der Waals surface area (Å²) in [6.45, 7) is 9.81. The summed E-state index contributed by atoms with van der Waals surface area (Å²) in [4.78, 5) is 39.7. The zero-order valence-electron chi connectivity index (χ0n) is 25.4. The van der Waals surface area contributed by atoms with Gasteiger partial charge >= 0.3 is 0 Å². The molecule has 1 saturated heterocycles. The van der Waals surface area contributed by atoms with Crippen LogP contribution in [0.25, 0.3) is 22.4 Å². The highest BCUT2D eigenvalue weighted by atomic mass is 16.4. The van der Waals surface area contributed by atoms with Crippen molar-refractivity contribution in [2.75, 3.05) is 26.2 Å². The summed E-state index contributed by atoms with van der Waals surface area (Å²) in [5, 5.41) is 9.58. The van der Waals surface area contributed by atoms with Crippen molar-refractivity contribution < 1.29 is 14.3 Å². The van der Waals surface area contributed by atoms with E-state index in [2.05, 4.69) is 53.8 Å². The second-order valence-corrected chi connectivity index (χ2v) is 13.6. The third kappa shape index (κ3) is 6.65. The highest BCUT2D eigenvalue weighted by Crippen LogP contribution is 2.38. The number of nitrogens with one attached hydrogen (secondary N) is 1. The number of carbonyl (C=O) groups excluding carboxylic acids is 1. The summed E-state index contributed by atoms with van der Waals surface area (Å²) in [5.41, 5.74) is 6.51. The topological polar surface area (TPSA) is 112 Å². The molecule has 0 radical (unpaired) electrons. The smallest absolute Gasteiger partial charge is 0.265 e. The number of ketones is 1. The normalized spacial score (nSPS) is 19.9. The monoisotopic (exact) mass is 582 g/mol. The van der Waals surface area contributed by atoms with E-state index in [1.54, 1.807) is 6.20 Å². The first kappa shape index (κ1) is 29.5. The fourth-order valence-electron chi connectivity index (χ4n) is 6.71. The van der Waals surface area contributed by atoms with Crippen molar-refractivity contribution in [3.05, 3.63) is 81.7 Å². The van der Waals surface area contributed by atoms with Crippen LogP contribution < -0.4 is 5.56 Å². The number of aliphatic hydroxyl groups is 1. The predicted molar refractivity (Wildman–Crippen MR) is 167 cm³/mol. The Balaban J connectivity index is 1.22. The number of hydrogen-bond acceptors (Lipinski definition) is 7. The Morgan fingerprint density at radius 2 is 1.91 bits per heavy atom. The van der Waals surface area contributed by atoms with Crippen LogP contribution in [0.3, 0.4) is 0 Å². The largest absolute Gasteiger partial charge is 0.415 e. The molecule has 4 heterocycles. The van der Waals surface area contributed by atoms with Gasteiger partial charge in [0, 0.05) is 37.5 Å². The third-order valence-electron chi connectivity index (χ3n) is 9.57. The second-order valence-electron chi connectivity index (χ2n) is 13.6. The number of rotatable bonds is 9. The number of oxazole rings is 1.